The largest absolute Gasteiger partial charge is 0.334 e. The number of nitrogens with zero attached hydrogens (tertiary/aromatic N) is 6. The Balaban J connectivity index is 1.18. The highest BCUT2D eigenvalue weighted by molar-refractivity contribution is 7.11. The summed E-state index contributed by atoms with van der Waals surface area (Å²) in [6, 6.07) is 12.9. The minimum Gasteiger partial charge on any atom is -0.334 e. The molecule has 2 aliphatic heterocycles. The van der Waals surface area contributed by atoms with Crippen LogP contribution < -0.4 is 0 Å². The first-order valence-electron chi connectivity index (χ1n) is 12.8. The van der Waals surface area contributed by atoms with E-state index in [9.17, 15) is 9.59 Å². The first kappa shape index (κ1) is 27.2. The molecule has 40 heavy (non-hydrogen) atoms. The van der Waals surface area contributed by atoms with Crippen molar-refractivity contribution < 1.29 is 9.59 Å². The van der Waals surface area contributed by atoms with Crippen molar-refractivity contribution >= 4 is 58.0 Å². The Morgan fingerprint density at radius 3 is 2.25 bits per heavy atom. The number of carbonyl (C=O) groups excluding carboxylic acids is 2. The summed E-state index contributed by atoms with van der Waals surface area (Å²) in [5.74, 6) is -0.131. The molecule has 0 spiro atoms. The van der Waals surface area contributed by atoms with Crippen molar-refractivity contribution in [2.24, 2.45) is 0 Å². The number of hydrogen-bond donors (Lipinski definition) is 0. The van der Waals surface area contributed by atoms with E-state index in [4.69, 9.17) is 39.9 Å². The zero-order valence-corrected chi connectivity index (χ0v) is 24.6. The Labute approximate surface area is 250 Å². The van der Waals surface area contributed by atoms with Crippen LogP contribution in [-0.2, 0) is 0 Å². The lowest BCUT2D eigenvalue weighted by atomic mass is 10.0. The molecule has 0 aliphatic carbocycles. The maximum absolute atomic E-state index is 13.7. The monoisotopic (exact) mass is 614 g/mol. The van der Waals surface area contributed by atoms with Gasteiger partial charge in [0.1, 0.15) is 0 Å². The van der Waals surface area contributed by atoms with Crippen LogP contribution in [0.1, 0.15) is 25.9 Å². The molecule has 206 valence electrons. The lowest BCUT2D eigenvalue weighted by Gasteiger charge is -2.47. The van der Waals surface area contributed by atoms with E-state index >= 15 is 0 Å². The van der Waals surface area contributed by atoms with Crippen molar-refractivity contribution in [2.75, 3.05) is 39.3 Å². The average molecular weight is 616 g/mol. The molecule has 2 amide bonds. The van der Waals surface area contributed by atoms with Crippen molar-refractivity contribution in [1.82, 2.24) is 29.5 Å². The molecule has 6 rings (SSSR count). The third-order valence-corrected chi connectivity index (χ3v) is 9.01. The van der Waals surface area contributed by atoms with Gasteiger partial charge in [0.15, 0.2) is 10.7 Å². The van der Waals surface area contributed by atoms with Crippen LogP contribution in [0.4, 0.5) is 0 Å². The van der Waals surface area contributed by atoms with Crippen molar-refractivity contribution in [3.8, 4) is 16.9 Å². The summed E-state index contributed by atoms with van der Waals surface area (Å²) < 4.78 is 1.71. The zero-order chi connectivity index (χ0) is 28.0. The highest BCUT2D eigenvalue weighted by Gasteiger charge is 2.39. The highest BCUT2D eigenvalue weighted by Crippen LogP contribution is 2.34. The van der Waals surface area contributed by atoms with Crippen molar-refractivity contribution in [3.63, 3.8) is 0 Å². The minimum atomic E-state index is -0.120. The Kier molecular flexibility index (Phi) is 7.58. The number of likely N-dealkylation sites (tertiary alicyclic amines) is 1. The number of amides is 2. The fourth-order valence-electron chi connectivity index (χ4n) is 5.23. The van der Waals surface area contributed by atoms with Crippen LogP contribution in [0.15, 0.2) is 54.0 Å². The number of benzene rings is 2. The molecule has 0 saturated carbocycles. The van der Waals surface area contributed by atoms with Crippen LogP contribution in [0.3, 0.4) is 0 Å². The highest BCUT2D eigenvalue weighted by atomic mass is 35.5. The van der Waals surface area contributed by atoms with E-state index in [0.717, 1.165) is 29.9 Å². The Hall–Kier alpha value is -2.95. The standard InChI is InChI=1S/C28H25Cl3N6O2S/c1-17-24(33-37(23-7-6-20(30)14-22(23)31)25(17)18-2-4-19(29)5-3-18)27(38)36-15-21(16-36)34-9-11-35(12-10-34)28(39)26-32-8-13-40-26/h2-8,13-14,21H,9-12,15-16H2,1H3. The zero-order valence-electron chi connectivity index (χ0n) is 21.6. The number of aromatic nitrogens is 3. The van der Waals surface area contributed by atoms with E-state index in [1.807, 2.05) is 46.4 Å². The van der Waals surface area contributed by atoms with E-state index in [2.05, 4.69) is 9.88 Å². The molecule has 8 nitrogen and oxygen atoms in total. The van der Waals surface area contributed by atoms with Gasteiger partial charge in [0.25, 0.3) is 11.8 Å². The molecule has 0 atom stereocenters. The first-order chi connectivity index (χ1) is 19.3. The van der Waals surface area contributed by atoms with Crippen LogP contribution in [0, 0.1) is 6.92 Å². The SMILES string of the molecule is Cc1c(C(=O)N2CC(N3CCN(C(=O)c4nccs4)CC3)C2)nn(-c2ccc(Cl)cc2Cl)c1-c1ccc(Cl)cc1. The maximum Gasteiger partial charge on any atom is 0.282 e. The Morgan fingerprint density at radius 2 is 1.60 bits per heavy atom. The molecule has 0 unspecified atom stereocenters. The Bertz CT molecular complexity index is 1560. The second-order valence-corrected chi connectivity index (χ2v) is 12.0. The molecule has 2 aliphatic rings. The number of hydrogen-bond acceptors (Lipinski definition) is 6. The van der Waals surface area contributed by atoms with Gasteiger partial charge in [-0.25, -0.2) is 9.67 Å². The van der Waals surface area contributed by atoms with Crippen LogP contribution in [0.5, 0.6) is 0 Å². The predicted octanol–water partition coefficient (Wildman–Crippen LogP) is 5.55. The third-order valence-electron chi connectivity index (χ3n) is 7.46. The van der Waals surface area contributed by atoms with Gasteiger partial charge < -0.3 is 9.80 Å². The topological polar surface area (TPSA) is 74.6 Å². The van der Waals surface area contributed by atoms with Gasteiger partial charge in [0.05, 0.1) is 16.4 Å². The minimum absolute atomic E-state index is 0.0107. The average Bonchev–Trinajstić information content (AvgIpc) is 3.57. The summed E-state index contributed by atoms with van der Waals surface area (Å²) in [5, 5.41) is 8.68. The molecule has 2 saturated heterocycles. The maximum atomic E-state index is 13.7. The second-order valence-electron chi connectivity index (χ2n) is 9.87. The molecule has 12 heteroatoms. The summed E-state index contributed by atoms with van der Waals surface area (Å²) in [6.07, 6.45) is 1.65. The normalized spacial score (nSPS) is 16.3. The van der Waals surface area contributed by atoms with E-state index in [1.54, 1.807) is 29.1 Å². The van der Waals surface area contributed by atoms with E-state index in [0.29, 0.717) is 57.6 Å². The molecule has 4 aromatic rings. The third kappa shape index (κ3) is 5.12. The summed E-state index contributed by atoms with van der Waals surface area (Å²) >= 11 is 20.2. The predicted molar refractivity (Wildman–Crippen MR) is 158 cm³/mol. The van der Waals surface area contributed by atoms with Crippen molar-refractivity contribution in [2.45, 2.75) is 13.0 Å². The van der Waals surface area contributed by atoms with Gasteiger partial charge in [-0.3, -0.25) is 14.5 Å². The Morgan fingerprint density at radius 1 is 0.900 bits per heavy atom. The van der Waals surface area contributed by atoms with Crippen LogP contribution in [0.25, 0.3) is 16.9 Å². The van der Waals surface area contributed by atoms with Gasteiger partial charge in [0.2, 0.25) is 0 Å². The van der Waals surface area contributed by atoms with Crippen LogP contribution in [0.2, 0.25) is 15.1 Å². The molecule has 0 N–H and O–H groups in total. The van der Waals surface area contributed by atoms with Gasteiger partial charge in [-0.1, -0.05) is 46.9 Å². The first-order valence-corrected chi connectivity index (χ1v) is 14.8. The quantitative estimate of drug-likeness (QED) is 0.295. The summed E-state index contributed by atoms with van der Waals surface area (Å²) in [4.78, 5) is 36.5. The summed E-state index contributed by atoms with van der Waals surface area (Å²) in [7, 11) is 0. The number of rotatable bonds is 5. The fraction of sp³-hybridized carbons (Fsp3) is 0.286. The van der Waals surface area contributed by atoms with Crippen LogP contribution in [-0.4, -0.2) is 86.6 Å². The molecule has 2 fully saturated rings. The van der Waals surface area contributed by atoms with Gasteiger partial charge in [0, 0.05) is 78.1 Å². The van der Waals surface area contributed by atoms with Crippen molar-refractivity contribution in [1.29, 1.82) is 0 Å². The number of piperazine rings is 1. The van der Waals surface area contributed by atoms with E-state index in [1.165, 1.54) is 11.3 Å². The molecule has 0 radical (unpaired) electrons. The smallest absolute Gasteiger partial charge is 0.282 e. The van der Waals surface area contributed by atoms with Gasteiger partial charge in [-0.2, -0.15) is 5.10 Å². The van der Waals surface area contributed by atoms with Crippen molar-refractivity contribution in [3.05, 3.63) is 85.4 Å². The van der Waals surface area contributed by atoms with E-state index in [-0.39, 0.29) is 17.9 Å². The molecule has 4 heterocycles. The molecule has 2 aromatic carbocycles. The number of carbonyl (C=O) groups is 2. The van der Waals surface area contributed by atoms with Gasteiger partial charge in [-0.05, 0) is 37.3 Å². The number of halogens is 3. The van der Waals surface area contributed by atoms with Crippen LogP contribution >= 0.6 is 46.1 Å². The lowest BCUT2D eigenvalue weighted by Crippen LogP contribution is -2.64. The van der Waals surface area contributed by atoms with E-state index < -0.39 is 0 Å². The van der Waals surface area contributed by atoms with Gasteiger partial charge in [-0.15, -0.1) is 11.3 Å². The summed E-state index contributed by atoms with van der Waals surface area (Å²) in [5.41, 5.74) is 3.41. The molecule has 0 bridgehead atoms. The summed E-state index contributed by atoms with van der Waals surface area (Å²) in [6.45, 7) is 5.98. The molecular formula is C28H25Cl3N6O2S. The number of thiazole rings is 1. The molecular weight excluding hydrogens is 591 g/mol. The second kappa shape index (κ2) is 11.1. The molecule has 2 aromatic heterocycles. The fourth-order valence-corrected chi connectivity index (χ4v) is 6.45. The lowest BCUT2D eigenvalue weighted by molar-refractivity contribution is 0.00817. The van der Waals surface area contributed by atoms with Gasteiger partial charge >= 0.3 is 0 Å².